The number of unbranched alkanes of at least 4 members (excludes halogenated alkanes) is 21. The van der Waals surface area contributed by atoms with Crippen LogP contribution in [0.1, 0.15) is 220 Å². The molecule has 0 saturated carbocycles. The topological polar surface area (TPSA) is 95.9 Å². The maximum Gasteiger partial charge on any atom is 0.306 e. The van der Waals surface area contributed by atoms with Crippen molar-refractivity contribution < 1.29 is 24.5 Å². The molecule has 3 unspecified atom stereocenters. The van der Waals surface area contributed by atoms with Crippen LogP contribution in [0.5, 0.6) is 0 Å². The first-order valence-electron chi connectivity index (χ1n) is 25.5. The molecule has 1 amide bonds. The van der Waals surface area contributed by atoms with Crippen LogP contribution < -0.4 is 5.32 Å². The Morgan fingerprint density at radius 1 is 0.500 bits per heavy atom. The van der Waals surface area contributed by atoms with Gasteiger partial charge in [-0.25, -0.2) is 0 Å². The molecule has 354 valence electrons. The van der Waals surface area contributed by atoms with Crippen molar-refractivity contribution in [1.29, 1.82) is 0 Å². The Kier molecular flexibility index (Phi) is 46.3. The number of aliphatic hydroxyl groups is 2. The molecule has 3 N–H and O–H groups in total. The van der Waals surface area contributed by atoms with Gasteiger partial charge in [0.25, 0.3) is 0 Å². The van der Waals surface area contributed by atoms with E-state index >= 15 is 0 Å². The van der Waals surface area contributed by atoms with Gasteiger partial charge in [-0.05, 0) is 70.6 Å². The second kappa shape index (κ2) is 48.8. The van der Waals surface area contributed by atoms with Crippen LogP contribution >= 0.6 is 0 Å². The number of ether oxygens (including phenoxy) is 1. The quantitative estimate of drug-likeness (QED) is 0.0245. The fourth-order valence-corrected chi connectivity index (χ4v) is 7.26. The van der Waals surface area contributed by atoms with Crippen LogP contribution in [0.2, 0.25) is 0 Å². The SMILES string of the molecule is CC\C=C/C=C/C=C/C=C\C=C\C=C\CCCCCC(=O)OC(CCCCCCC/C=C/C/C=C/CC)CC(=O)NC(CO)C(O)CCCCCCCCCCCCCCCC. The van der Waals surface area contributed by atoms with Crippen molar-refractivity contribution in [2.75, 3.05) is 6.61 Å². The number of allylic oxidation sites excluding steroid dienone is 16. The molecule has 0 heterocycles. The Bertz CT molecular complexity index is 1240. The largest absolute Gasteiger partial charge is 0.462 e. The molecule has 0 radical (unpaired) electrons. The fraction of sp³-hybridized carbons (Fsp3) is 0.679. The lowest BCUT2D eigenvalue weighted by atomic mass is 10.0. The minimum atomic E-state index is -0.805. The molecule has 0 fully saturated rings. The molecule has 6 nitrogen and oxygen atoms in total. The normalized spacial score (nSPS) is 14.1. The maximum absolute atomic E-state index is 13.2. The van der Waals surface area contributed by atoms with E-state index in [1.165, 1.54) is 70.6 Å². The van der Waals surface area contributed by atoms with Gasteiger partial charge in [-0.3, -0.25) is 9.59 Å². The molecule has 6 heteroatoms. The highest BCUT2D eigenvalue weighted by molar-refractivity contribution is 5.77. The molecule has 0 saturated heterocycles. The summed E-state index contributed by atoms with van der Waals surface area (Å²) in [5.41, 5.74) is 0. The van der Waals surface area contributed by atoms with Crippen molar-refractivity contribution in [3.63, 3.8) is 0 Å². The zero-order valence-electron chi connectivity index (χ0n) is 40.2. The van der Waals surface area contributed by atoms with Crippen LogP contribution in [0.3, 0.4) is 0 Å². The zero-order chi connectivity index (χ0) is 45.2. The number of hydrogen-bond donors (Lipinski definition) is 3. The van der Waals surface area contributed by atoms with Crippen molar-refractivity contribution in [1.82, 2.24) is 5.32 Å². The number of rotatable bonds is 44. The number of esters is 1. The van der Waals surface area contributed by atoms with E-state index in [1.54, 1.807) is 0 Å². The fourth-order valence-electron chi connectivity index (χ4n) is 7.26. The van der Waals surface area contributed by atoms with Gasteiger partial charge >= 0.3 is 5.97 Å². The minimum Gasteiger partial charge on any atom is -0.462 e. The Morgan fingerprint density at radius 3 is 1.50 bits per heavy atom. The maximum atomic E-state index is 13.2. The van der Waals surface area contributed by atoms with Crippen molar-refractivity contribution >= 4 is 11.9 Å². The number of nitrogens with one attached hydrogen (secondary N) is 1. The summed E-state index contributed by atoms with van der Waals surface area (Å²) >= 11 is 0. The number of carbonyl (C=O) groups excluding carboxylic acids is 2. The van der Waals surface area contributed by atoms with Crippen LogP contribution in [0.25, 0.3) is 0 Å². The van der Waals surface area contributed by atoms with E-state index in [1.807, 2.05) is 54.7 Å². The van der Waals surface area contributed by atoms with Gasteiger partial charge in [-0.1, -0.05) is 234 Å². The van der Waals surface area contributed by atoms with Crippen molar-refractivity contribution in [3.05, 3.63) is 97.2 Å². The van der Waals surface area contributed by atoms with Gasteiger partial charge in [0.15, 0.2) is 0 Å². The van der Waals surface area contributed by atoms with Gasteiger partial charge in [-0.15, -0.1) is 0 Å². The molecule has 0 aromatic carbocycles. The standard InChI is InChI=1S/C56H95NO5/c1-4-7-10-13-16-19-22-25-27-28-29-31-34-37-40-43-46-49-56(61)62-52(47-44-41-38-35-32-24-21-18-15-12-9-6-3)50-55(60)57-53(51-58)54(59)48-45-42-39-36-33-30-26-23-20-17-14-11-8-5-2/h7,9-10,12-13,16,18-19,21-22,25,27-29,31,34,52-54,58-59H,4-6,8,11,14-15,17,20,23-24,26,30,32-33,35-51H2,1-3H3,(H,57,60)/b10-7-,12-9+,16-13+,21-18+,22-19+,27-25-,29-28+,34-31+. The van der Waals surface area contributed by atoms with Gasteiger partial charge in [0.05, 0.1) is 25.2 Å². The number of aliphatic hydroxyl groups excluding tert-OH is 2. The molecular formula is C56H95NO5. The summed E-state index contributed by atoms with van der Waals surface area (Å²) in [6.07, 6.45) is 64.6. The number of hydrogen-bond acceptors (Lipinski definition) is 5. The third-order valence-electron chi connectivity index (χ3n) is 11.1. The van der Waals surface area contributed by atoms with Gasteiger partial charge in [-0.2, -0.15) is 0 Å². The third kappa shape index (κ3) is 43.4. The summed E-state index contributed by atoms with van der Waals surface area (Å²) in [6, 6.07) is -0.721. The van der Waals surface area contributed by atoms with Crippen LogP contribution in [0, 0.1) is 0 Å². The van der Waals surface area contributed by atoms with E-state index in [2.05, 4.69) is 68.6 Å². The monoisotopic (exact) mass is 862 g/mol. The Labute approximate surface area is 382 Å². The van der Waals surface area contributed by atoms with Crippen LogP contribution in [-0.2, 0) is 14.3 Å². The van der Waals surface area contributed by atoms with E-state index in [0.29, 0.717) is 19.3 Å². The van der Waals surface area contributed by atoms with E-state index in [0.717, 1.165) is 103 Å². The average Bonchev–Trinajstić information content (AvgIpc) is 3.26. The van der Waals surface area contributed by atoms with E-state index in [4.69, 9.17) is 4.74 Å². The molecule has 0 aliphatic carbocycles. The lowest BCUT2D eigenvalue weighted by molar-refractivity contribution is -0.151. The lowest BCUT2D eigenvalue weighted by Gasteiger charge is -2.24. The van der Waals surface area contributed by atoms with Gasteiger partial charge in [0.1, 0.15) is 6.10 Å². The van der Waals surface area contributed by atoms with E-state index < -0.39 is 18.2 Å². The van der Waals surface area contributed by atoms with E-state index in [-0.39, 0.29) is 24.9 Å². The molecule has 0 aliphatic rings. The van der Waals surface area contributed by atoms with E-state index in [9.17, 15) is 19.8 Å². The summed E-state index contributed by atoms with van der Waals surface area (Å²) in [5, 5.41) is 23.8. The first-order chi connectivity index (χ1) is 30.5. The molecule has 0 spiro atoms. The predicted molar refractivity (Wildman–Crippen MR) is 268 cm³/mol. The van der Waals surface area contributed by atoms with Crippen LogP contribution in [-0.4, -0.2) is 46.9 Å². The van der Waals surface area contributed by atoms with Gasteiger partial charge < -0.3 is 20.3 Å². The average molecular weight is 862 g/mol. The molecule has 0 aromatic heterocycles. The van der Waals surface area contributed by atoms with Gasteiger partial charge in [0.2, 0.25) is 5.91 Å². The minimum absolute atomic E-state index is 0.0442. The molecule has 0 bridgehead atoms. The smallest absolute Gasteiger partial charge is 0.306 e. The van der Waals surface area contributed by atoms with Crippen LogP contribution in [0.4, 0.5) is 0 Å². The van der Waals surface area contributed by atoms with Crippen molar-refractivity contribution in [2.24, 2.45) is 0 Å². The Morgan fingerprint density at radius 2 is 0.952 bits per heavy atom. The van der Waals surface area contributed by atoms with Crippen LogP contribution in [0.15, 0.2) is 97.2 Å². The Hall–Kier alpha value is -3.22. The highest BCUT2D eigenvalue weighted by Crippen LogP contribution is 2.17. The second-order valence-corrected chi connectivity index (χ2v) is 17.0. The summed E-state index contributed by atoms with van der Waals surface area (Å²) in [6.45, 7) is 6.21. The molecule has 0 aromatic rings. The summed E-state index contributed by atoms with van der Waals surface area (Å²) in [4.78, 5) is 26.1. The lowest BCUT2D eigenvalue weighted by Crippen LogP contribution is -2.46. The zero-order valence-corrected chi connectivity index (χ0v) is 40.2. The Balaban J connectivity index is 4.67. The predicted octanol–water partition coefficient (Wildman–Crippen LogP) is 15.3. The first kappa shape index (κ1) is 58.8. The summed E-state index contributed by atoms with van der Waals surface area (Å²) in [5.74, 6) is -0.546. The first-order valence-corrected chi connectivity index (χ1v) is 25.5. The number of amides is 1. The highest BCUT2D eigenvalue weighted by atomic mass is 16.5. The second-order valence-electron chi connectivity index (χ2n) is 17.0. The van der Waals surface area contributed by atoms with Crippen molar-refractivity contribution in [2.45, 2.75) is 238 Å². The molecule has 3 atom stereocenters. The molecule has 0 rings (SSSR count). The van der Waals surface area contributed by atoms with Gasteiger partial charge in [0, 0.05) is 6.42 Å². The molecular weight excluding hydrogens is 767 g/mol. The molecule has 62 heavy (non-hydrogen) atoms. The van der Waals surface area contributed by atoms with Crippen molar-refractivity contribution in [3.8, 4) is 0 Å². The summed E-state index contributed by atoms with van der Waals surface area (Å²) in [7, 11) is 0. The third-order valence-corrected chi connectivity index (χ3v) is 11.1. The number of carbonyl (C=O) groups is 2. The highest BCUT2D eigenvalue weighted by Gasteiger charge is 2.24. The molecule has 0 aliphatic heterocycles. The summed E-state index contributed by atoms with van der Waals surface area (Å²) < 4.78 is 5.90.